The van der Waals surface area contributed by atoms with Gasteiger partial charge in [0, 0.05) is 5.02 Å². The van der Waals surface area contributed by atoms with Gasteiger partial charge in [-0.15, -0.1) is 10.2 Å². The number of carboxylic acid groups (broad SMARTS) is 1. The summed E-state index contributed by atoms with van der Waals surface area (Å²) in [4.78, 5) is 11.6. The first-order chi connectivity index (χ1) is 11.3. The molecular formula is C14H15ClN4O4S. The fourth-order valence-electron chi connectivity index (χ4n) is 2.66. The van der Waals surface area contributed by atoms with E-state index in [2.05, 4.69) is 10.2 Å². The summed E-state index contributed by atoms with van der Waals surface area (Å²) in [5, 5.41) is 17.8. The van der Waals surface area contributed by atoms with Gasteiger partial charge in [-0.3, -0.25) is 4.79 Å². The van der Waals surface area contributed by atoms with Crippen LogP contribution in [0.4, 0.5) is 0 Å². The minimum Gasteiger partial charge on any atom is -0.480 e. The number of carboxylic acids is 1. The predicted molar refractivity (Wildman–Crippen MR) is 85.8 cm³/mol. The smallest absolute Gasteiger partial charge is 0.323 e. The maximum absolute atomic E-state index is 12.7. The Labute approximate surface area is 143 Å². The Morgan fingerprint density at radius 3 is 2.62 bits per heavy atom. The summed E-state index contributed by atoms with van der Waals surface area (Å²) in [5.41, 5.74) is 0.534. The van der Waals surface area contributed by atoms with Crippen LogP contribution in [0.25, 0.3) is 0 Å². The fraction of sp³-hybridized carbons (Fsp3) is 0.357. The molecule has 1 aromatic carbocycles. The molecule has 3 rings (SSSR count). The Morgan fingerprint density at radius 1 is 1.33 bits per heavy atom. The molecule has 8 nitrogen and oxygen atoms in total. The number of hydrogen-bond donors (Lipinski definition) is 1. The largest absolute Gasteiger partial charge is 0.480 e. The van der Waals surface area contributed by atoms with E-state index in [1.54, 1.807) is 35.8 Å². The molecule has 0 spiro atoms. The maximum atomic E-state index is 12.7. The van der Waals surface area contributed by atoms with Crippen LogP contribution < -0.4 is 0 Å². The average Bonchev–Trinajstić information content (AvgIpc) is 2.89. The molecule has 2 aromatic rings. The summed E-state index contributed by atoms with van der Waals surface area (Å²) in [5.74, 6) is -0.509. The monoisotopic (exact) mass is 370 g/mol. The van der Waals surface area contributed by atoms with E-state index >= 15 is 0 Å². The second-order valence-corrected chi connectivity index (χ2v) is 7.91. The summed E-state index contributed by atoms with van der Waals surface area (Å²) in [6.07, 6.45) is 0. The SMILES string of the molecule is Cc1nnc2n1CC(C(=O)O)N(S(=O)(=O)Cc1ccc(Cl)cc1)C2. The van der Waals surface area contributed by atoms with Gasteiger partial charge in [0.05, 0.1) is 18.8 Å². The normalized spacial score (nSPS) is 18.3. The van der Waals surface area contributed by atoms with Crippen molar-refractivity contribution >= 4 is 27.6 Å². The molecule has 0 aliphatic carbocycles. The van der Waals surface area contributed by atoms with Crippen molar-refractivity contribution in [1.82, 2.24) is 19.1 Å². The lowest BCUT2D eigenvalue weighted by molar-refractivity contribution is -0.142. The highest BCUT2D eigenvalue weighted by molar-refractivity contribution is 7.88. The zero-order valence-electron chi connectivity index (χ0n) is 12.8. The first-order valence-corrected chi connectivity index (χ1v) is 9.12. The van der Waals surface area contributed by atoms with E-state index in [4.69, 9.17) is 11.6 Å². The Bertz CT molecular complexity index is 879. The van der Waals surface area contributed by atoms with Gasteiger partial charge < -0.3 is 9.67 Å². The summed E-state index contributed by atoms with van der Waals surface area (Å²) < 4.78 is 28.1. The summed E-state index contributed by atoms with van der Waals surface area (Å²) in [7, 11) is -3.85. The van der Waals surface area contributed by atoms with E-state index in [-0.39, 0.29) is 18.8 Å². The van der Waals surface area contributed by atoms with Gasteiger partial charge in [-0.05, 0) is 24.6 Å². The zero-order valence-corrected chi connectivity index (χ0v) is 14.3. The van der Waals surface area contributed by atoms with E-state index in [1.165, 1.54) is 0 Å². The van der Waals surface area contributed by atoms with Crippen LogP contribution in [0.15, 0.2) is 24.3 Å². The molecule has 1 unspecified atom stereocenters. The van der Waals surface area contributed by atoms with Crippen molar-refractivity contribution in [3.63, 3.8) is 0 Å². The quantitative estimate of drug-likeness (QED) is 0.862. The molecule has 0 saturated heterocycles. The number of benzene rings is 1. The van der Waals surface area contributed by atoms with Crippen LogP contribution >= 0.6 is 11.6 Å². The molecule has 0 radical (unpaired) electrons. The van der Waals surface area contributed by atoms with Gasteiger partial charge in [-0.2, -0.15) is 4.31 Å². The van der Waals surface area contributed by atoms with Gasteiger partial charge in [-0.1, -0.05) is 23.7 Å². The van der Waals surface area contributed by atoms with Crippen LogP contribution in [-0.2, 0) is 33.7 Å². The van der Waals surface area contributed by atoms with E-state index in [0.717, 1.165) is 4.31 Å². The van der Waals surface area contributed by atoms with Crippen molar-refractivity contribution in [1.29, 1.82) is 0 Å². The minimum atomic E-state index is -3.85. The van der Waals surface area contributed by atoms with Crippen molar-refractivity contribution in [3.8, 4) is 0 Å². The first-order valence-electron chi connectivity index (χ1n) is 7.13. The number of fused-ring (bicyclic) bond motifs is 1. The Kier molecular flexibility index (Phi) is 4.33. The van der Waals surface area contributed by atoms with Crippen LogP contribution in [0.2, 0.25) is 5.02 Å². The topological polar surface area (TPSA) is 105 Å². The lowest BCUT2D eigenvalue weighted by Crippen LogP contribution is -2.50. The molecule has 1 aliphatic rings. The fourth-order valence-corrected chi connectivity index (χ4v) is 4.42. The van der Waals surface area contributed by atoms with E-state index < -0.39 is 22.0 Å². The number of carbonyl (C=O) groups is 1. The molecule has 0 amide bonds. The number of rotatable bonds is 4. The van der Waals surface area contributed by atoms with Crippen molar-refractivity contribution in [2.24, 2.45) is 0 Å². The number of sulfonamides is 1. The highest BCUT2D eigenvalue weighted by atomic mass is 35.5. The lowest BCUT2D eigenvalue weighted by atomic mass is 10.2. The molecule has 0 saturated carbocycles. The molecule has 1 N–H and O–H groups in total. The van der Waals surface area contributed by atoms with Crippen LogP contribution in [0.1, 0.15) is 17.2 Å². The number of nitrogens with zero attached hydrogens (tertiary/aromatic N) is 4. The number of aryl methyl sites for hydroxylation is 1. The van der Waals surface area contributed by atoms with Crippen molar-refractivity contribution in [3.05, 3.63) is 46.5 Å². The number of hydrogen-bond acceptors (Lipinski definition) is 5. The van der Waals surface area contributed by atoms with Crippen LogP contribution in [0.3, 0.4) is 0 Å². The Morgan fingerprint density at radius 2 is 2.00 bits per heavy atom. The molecule has 1 aromatic heterocycles. The molecule has 24 heavy (non-hydrogen) atoms. The third-order valence-corrected chi connectivity index (χ3v) is 5.97. The molecule has 128 valence electrons. The summed E-state index contributed by atoms with van der Waals surface area (Å²) in [6, 6.07) is 5.21. The maximum Gasteiger partial charge on any atom is 0.323 e. The van der Waals surface area contributed by atoms with Crippen LogP contribution in [0, 0.1) is 6.92 Å². The highest BCUT2D eigenvalue weighted by Crippen LogP contribution is 2.24. The standard InChI is InChI=1S/C14H15ClN4O4S/c1-9-16-17-13-7-19(12(14(20)21)6-18(9)13)24(22,23)8-10-2-4-11(15)5-3-10/h2-5,12H,6-8H2,1H3,(H,20,21). The van der Waals surface area contributed by atoms with Crippen molar-refractivity contribution in [2.75, 3.05) is 0 Å². The number of aliphatic carboxylic acids is 1. The molecule has 1 aliphatic heterocycles. The molecular weight excluding hydrogens is 356 g/mol. The van der Waals surface area contributed by atoms with E-state index in [0.29, 0.717) is 22.2 Å². The molecule has 0 bridgehead atoms. The Hall–Kier alpha value is -1.97. The number of aromatic nitrogens is 3. The highest BCUT2D eigenvalue weighted by Gasteiger charge is 2.40. The summed E-state index contributed by atoms with van der Waals surface area (Å²) in [6.45, 7) is 1.57. The van der Waals surface area contributed by atoms with Crippen molar-refractivity contribution < 1.29 is 18.3 Å². The minimum absolute atomic E-state index is 0.0106. The van der Waals surface area contributed by atoms with E-state index in [9.17, 15) is 18.3 Å². The molecule has 2 heterocycles. The van der Waals surface area contributed by atoms with Gasteiger partial charge in [-0.25, -0.2) is 8.42 Å². The third kappa shape index (κ3) is 3.14. The molecule has 0 fully saturated rings. The van der Waals surface area contributed by atoms with Crippen LogP contribution in [-0.4, -0.2) is 44.6 Å². The van der Waals surface area contributed by atoms with Gasteiger partial charge in [0.15, 0.2) is 0 Å². The van der Waals surface area contributed by atoms with Gasteiger partial charge in [0.2, 0.25) is 10.0 Å². The molecule has 10 heteroatoms. The third-order valence-electron chi connectivity index (χ3n) is 3.92. The van der Waals surface area contributed by atoms with Gasteiger partial charge >= 0.3 is 5.97 Å². The van der Waals surface area contributed by atoms with E-state index in [1.807, 2.05) is 0 Å². The lowest BCUT2D eigenvalue weighted by Gasteiger charge is -2.32. The van der Waals surface area contributed by atoms with Gasteiger partial charge in [0.1, 0.15) is 17.7 Å². The second-order valence-electron chi connectivity index (χ2n) is 5.56. The average molecular weight is 371 g/mol. The number of halogens is 1. The van der Waals surface area contributed by atoms with Gasteiger partial charge in [0.25, 0.3) is 0 Å². The Balaban J connectivity index is 1.92. The first kappa shape index (κ1) is 16.9. The molecule has 1 atom stereocenters. The van der Waals surface area contributed by atoms with Crippen molar-refractivity contribution in [2.45, 2.75) is 31.8 Å². The zero-order chi connectivity index (χ0) is 17.5. The second kappa shape index (κ2) is 6.15. The predicted octanol–water partition coefficient (Wildman–Crippen LogP) is 1.04. The van der Waals surface area contributed by atoms with Crippen LogP contribution in [0.5, 0.6) is 0 Å². The summed E-state index contributed by atoms with van der Waals surface area (Å²) >= 11 is 5.80.